The van der Waals surface area contributed by atoms with Crippen molar-refractivity contribution in [2.75, 3.05) is 7.05 Å². The Kier molecular flexibility index (Phi) is 4.05. The predicted octanol–water partition coefficient (Wildman–Crippen LogP) is 4.27. The molecule has 2 aromatic carbocycles. The minimum Gasteiger partial charge on any atom is -0.309 e. The third-order valence-corrected chi connectivity index (χ3v) is 3.49. The van der Waals surface area contributed by atoms with Gasteiger partial charge >= 0.3 is 0 Å². The molecule has 0 aromatic heterocycles. The number of halogens is 1. The molecule has 0 spiro atoms. The molecule has 1 unspecified atom stereocenters. The van der Waals surface area contributed by atoms with Crippen LogP contribution in [0.2, 0.25) is 5.02 Å². The fourth-order valence-electron chi connectivity index (χ4n) is 2.18. The first-order valence-corrected chi connectivity index (χ1v) is 6.49. The van der Waals surface area contributed by atoms with E-state index in [2.05, 4.69) is 49.5 Å². The molecule has 18 heavy (non-hydrogen) atoms. The van der Waals surface area contributed by atoms with Gasteiger partial charge in [0.15, 0.2) is 0 Å². The van der Waals surface area contributed by atoms with E-state index >= 15 is 0 Å². The lowest BCUT2D eigenvalue weighted by Gasteiger charge is -2.20. The molecule has 0 aliphatic carbocycles. The van der Waals surface area contributed by atoms with Crippen LogP contribution in [0.5, 0.6) is 0 Å². The lowest BCUT2D eigenvalue weighted by molar-refractivity contribution is 0.687. The van der Waals surface area contributed by atoms with Gasteiger partial charge in [0.1, 0.15) is 0 Å². The fourth-order valence-corrected chi connectivity index (χ4v) is 2.36. The summed E-state index contributed by atoms with van der Waals surface area (Å²) < 4.78 is 0. The molecule has 0 saturated carbocycles. The normalized spacial score (nSPS) is 12.4. The summed E-state index contributed by atoms with van der Waals surface area (Å²) in [4.78, 5) is 0. The Morgan fingerprint density at radius 2 is 1.67 bits per heavy atom. The molecule has 2 aromatic rings. The Hall–Kier alpha value is -1.31. The van der Waals surface area contributed by atoms with Crippen LogP contribution < -0.4 is 5.32 Å². The number of nitrogens with one attached hydrogen (secondary N) is 1. The molecule has 0 aliphatic heterocycles. The zero-order chi connectivity index (χ0) is 13.1. The minimum absolute atomic E-state index is 0.185. The van der Waals surface area contributed by atoms with E-state index in [4.69, 9.17) is 11.6 Å². The SMILES string of the molecule is CNC(c1ccc(C)cc1)c1cc(Cl)ccc1C. The van der Waals surface area contributed by atoms with Crippen LogP contribution in [0.3, 0.4) is 0 Å². The Bertz CT molecular complexity index is 531. The van der Waals surface area contributed by atoms with Gasteiger partial charge in [0.05, 0.1) is 6.04 Å². The van der Waals surface area contributed by atoms with Crippen LogP contribution in [0.1, 0.15) is 28.3 Å². The molecule has 0 bridgehead atoms. The van der Waals surface area contributed by atoms with Crippen molar-refractivity contribution >= 4 is 11.6 Å². The number of hydrogen-bond donors (Lipinski definition) is 1. The van der Waals surface area contributed by atoms with E-state index in [-0.39, 0.29) is 6.04 Å². The maximum atomic E-state index is 6.10. The first-order valence-electron chi connectivity index (χ1n) is 6.11. The Morgan fingerprint density at radius 3 is 2.28 bits per heavy atom. The fraction of sp³-hybridized carbons (Fsp3) is 0.250. The van der Waals surface area contributed by atoms with Gasteiger partial charge in [-0.25, -0.2) is 0 Å². The second-order valence-corrected chi connectivity index (χ2v) is 5.07. The van der Waals surface area contributed by atoms with E-state index in [1.165, 1.54) is 22.3 Å². The number of hydrogen-bond acceptors (Lipinski definition) is 1. The molecule has 1 nitrogen and oxygen atoms in total. The summed E-state index contributed by atoms with van der Waals surface area (Å²) in [5, 5.41) is 4.14. The zero-order valence-electron chi connectivity index (χ0n) is 11.0. The molecule has 0 amide bonds. The summed E-state index contributed by atoms with van der Waals surface area (Å²) in [6.45, 7) is 4.22. The molecular formula is C16H18ClN. The Labute approximate surface area is 114 Å². The van der Waals surface area contributed by atoms with Crippen LogP contribution in [0, 0.1) is 13.8 Å². The second kappa shape index (κ2) is 5.55. The van der Waals surface area contributed by atoms with Crippen molar-refractivity contribution in [3.8, 4) is 0 Å². The maximum absolute atomic E-state index is 6.10. The molecule has 0 aliphatic rings. The highest BCUT2D eigenvalue weighted by Gasteiger charge is 2.14. The van der Waals surface area contributed by atoms with Crippen LogP contribution >= 0.6 is 11.6 Å². The highest BCUT2D eigenvalue weighted by molar-refractivity contribution is 6.30. The van der Waals surface area contributed by atoms with E-state index in [1.54, 1.807) is 0 Å². The van der Waals surface area contributed by atoms with Crippen molar-refractivity contribution in [2.45, 2.75) is 19.9 Å². The topological polar surface area (TPSA) is 12.0 Å². The van der Waals surface area contributed by atoms with Gasteiger partial charge in [-0.2, -0.15) is 0 Å². The number of rotatable bonds is 3. The van der Waals surface area contributed by atoms with Crippen molar-refractivity contribution in [1.82, 2.24) is 5.32 Å². The van der Waals surface area contributed by atoms with Gasteiger partial charge in [-0.3, -0.25) is 0 Å². The minimum atomic E-state index is 0.185. The molecule has 2 heteroatoms. The summed E-state index contributed by atoms with van der Waals surface area (Å²) in [6, 6.07) is 14.8. The average Bonchev–Trinajstić information content (AvgIpc) is 2.37. The smallest absolute Gasteiger partial charge is 0.0577 e. The Morgan fingerprint density at radius 1 is 1.00 bits per heavy atom. The first-order chi connectivity index (χ1) is 8.61. The summed E-state index contributed by atoms with van der Waals surface area (Å²) in [5.41, 5.74) is 5.01. The standard InChI is InChI=1S/C16H18ClN/c1-11-4-7-13(8-5-11)16(18-3)15-10-14(17)9-6-12(15)2/h4-10,16,18H,1-3H3. The largest absolute Gasteiger partial charge is 0.309 e. The summed E-state index contributed by atoms with van der Waals surface area (Å²) in [6.07, 6.45) is 0. The molecule has 2 rings (SSSR count). The highest BCUT2D eigenvalue weighted by atomic mass is 35.5. The monoisotopic (exact) mass is 259 g/mol. The van der Waals surface area contributed by atoms with Crippen LogP contribution in [-0.4, -0.2) is 7.05 Å². The van der Waals surface area contributed by atoms with E-state index in [1.807, 2.05) is 19.2 Å². The van der Waals surface area contributed by atoms with Gasteiger partial charge in [-0.1, -0.05) is 47.5 Å². The van der Waals surface area contributed by atoms with Crippen LogP contribution in [0.4, 0.5) is 0 Å². The third-order valence-electron chi connectivity index (χ3n) is 3.25. The van der Waals surface area contributed by atoms with Gasteiger partial charge in [-0.05, 0) is 49.7 Å². The van der Waals surface area contributed by atoms with Crippen molar-refractivity contribution in [2.24, 2.45) is 0 Å². The lowest BCUT2D eigenvalue weighted by atomic mass is 9.94. The zero-order valence-corrected chi connectivity index (χ0v) is 11.8. The van der Waals surface area contributed by atoms with E-state index < -0.39 is 0 Å². The maximum Gasteiger partial charge on any atom is 0.0577 e. The molecule has 94 valence electrons. The van der Waals surface area contributed by atoms with Gasteiger partial charge in [0.25, 0.3) is 0 Å². The van der Waals surface area contributed by atoms with Crippen LogP contribution in [0.25, 0.3) is 0 Å². The van der Waals surface area contributed by atoms with Crippen molar-refractivity contribution in [1.29, 1.82) is 0 Å². The van der Waals surface area contributed by atoms with Gasteiger partial charge in [0, 0.05) is 5.02 Å². The summed E-state index contributed by atoms with van der Waals surface area (Å²) in [5.74, 6) is 0. The predicted molar refractivity (Wildman–Crippen MR) is 78.3 cm³/mol. The molecule has 0 heterocycles. The molecule has 0 saturated heterocycles. The molecule has 1 N–H and O–H groups in total. The molecule has 0 radical (unpaired) electrons. The van der Waals surface area contributed by atoms with Gasteiger partial charge < -0.3 is 5.32 Å². The van der Waals surface area contributed by atoms with E-state index in [9.17, 15) is 0 Å². The van der Waals surface area contributed by atoms with E-state index in [0.717, 1.165) is 5.02 Å². The van der Waals surface area contributed by atoms with Crippen LogP contribution in [-0.2, 0) is 0 Å². The van der Waals surface area contributed by atoms with Gasteiger partial charge in [0.2, 0.25) is 0 Å². The number of aryl methyl sites for hydroxylation is 2. The summed E-state index contributed by atoms with van der Waals surface area (Å²) >= 11 is 6.10. The Balaban J connectivity index is 2.44. The lowest BCUT2D eigenvalue weighted by Crippen LogP contribution is -2.18. The van der Waals surface area contributed by atoms with Crippen molar-refractivity contribution in [3.63, 3.8) is 0 Å². The molecule has 1 atom stereocenters. The van der Waals surface area contributed by atoms with Gasteiger partial charge in [-0.15, -0.1) is 0 Å². The molecule has 0 fully saturated rings. The first kappa shape index (κ1) is 13.1. The second-order valence-electron chi connectivity index (χ2n) is 4.63. The summed E-state index contributed by atoms with van der Waals surface area (Å²) in [7, 11) is 1.98. The average molecular weight is 260 g/mol. The van der Waals surface area contributed by atoms with Crippen molar-refractivity contribution in [3.05, 3.63) is 69.7 Å². The molecular weight excluding hydrogens is 242 g/mol. The quantitative estimate of drug-likeness (QED) is 0.868. The van der Waals surface area contributed by atoms with Crippen molar-refractivity contribution < 1.29 is 0 Å². The third kappa shape index (κ3) is 2.74. The highest BCUT2D eigenvalue weighted by Crippen LogP contribution is 2.27. The number of benzene rings is 2. The van der Waals surface area contributed by atoms with Crippen LogP contribution in [0.15, 0.2) is 42.5 Å². The van der Waals surface area contributed by atoms with E-state index in [0.29, 0.717) is 0 Å².